The number of anilines is 1. The predicted molar refractivity (Wildman–Crippen MR) is 88.7 cm³/mol. The van der Waals surface area contributed by atoms with E-state index in [0.717, 1.165) is 25.9 Å². The van der Waals surface area contributed by atoms with Crippen LogP contribution in [0.2, 0.25) is 0 Å². The molecule has 2 amide bonds. The van der Waals surface area contributed by atoms with Crippen molar-refractivity contribution in [2.45, 2.75) is 45.1 Å². The number of nitrogens with zero attached hydrogens (tertiary/aromatic N) is 2. The predicted octanol–water partition coefficient (Wildman–Crippen LogP) is 2.12. The third-order valence-electron chi connectivity index (χ3n) is 4.56. The van der Waals surface area contributed by atoms with Crippen LogP contribution >= 0.6 is 0 Å². The summed E-state index contributed by atoms with van der Waals surface area (Å²) >= 11 is 0. The minimum atomic E-state index is -0.405. The van der Waals surface area contributed by atoms with E-state index in [2.05, 4.69) is 4.90 Å². The van der Waals surface area contributed by atoms with Crippen LogP contribution < -0.4 is 9.64 Å². The molecular formula is C18H22N2O4. The number of hydrogen-bond acceptors (Lipinski definition) is 5. The van der Waals surface area contributed by atoms with E-state index in [9.17, 15) is 14.4 Å². The summed E-state index contributed by atoms with van der Waals surface area (Å²) in [5, 5.41) is 0. The van der Waals surface area contributed by atoms with Gasteiger partial charge in [-0.25, -0.2) is 4.90 Å². The fraction of sp³-hybridized carbons (Fsp3) is 0.500. The lowest BCUT2D eigenvalue weighted by molar-refractivity contribution is -0.132. The number of esters is 1. The second kappa shape index (κ2) is 7.13. The molecule has 2 aliphatic heterocycles. The number of hydrogen-bond donors (Lipinski definition) is 0. The Kier molecular flexibility index (Phi) is 4.94. The summed E-state index contributed by atoms with van der Waals surface area (Å²) in [5.74, 6) is -0.330. The highest BCUT2D eigenvalue weighted by atomic mass is 16.5. The van der Waals surface area contributed by atoms with Crippen LogP contribution in [0.3, 0.4) is 0 Å². The zero-order valence-electron chi connectivity index (χ0n) is 13.9. The first-order chi connectivity index (χ1) is 11.6. The molecule has 2 aliphatic rings. The molecule has 6 heteroatoms. The van der Waals surface area contributed by atoms with Crippen LogP contribution in [0.5, 0.6) is 5.75 Å². The molecule has 1 aromatic carbocycles. The van der Waals surface area contributed by atoms with Crippen LogP contribution in [-0.2, 0) is 14.4 Å². The number of likely N-dealkylation sites (tertiary alicyclic amines) is 1. The van der Waals surface area contributed by atoms with Gasteiger partial charge in [-0.15, -0.1) is 0 Å². The van der Waals surface area contributed by atoms with Gasteiger partial charge in [0, 0.05) is 6.92 Å². The number of carbonyl (C=O) groups excluding carboxylic acids is 3. The first kappa shape index (κ1) is 16.6. The van der Waals surface area contributed by atoms with Gasteiger partial charge in [0.1, 0.15) is 5.75 Å². The second-order valence-electron chi connectivity index (χ2n) is 6.33. The smallest absolute Gasteiger partial charge is 0.308 e. The van der Waals surface area contributed by atoms with Crippen LogP contribution in [0.4, 0.5) is 5.69 Å². The minimum absolute atomic E-state index is 0.151. The van der Waals surface area contributed by atoms with Crippen molar-refractivity contribution < 1.29 is 19.1 Å². The maximum Gasteiger partial charge on any atom is 0.308 e. The van der Waals surface area contributed by atoms with Crippen LogP contribution in [0.15, 0.2) is 24.3 Å². The lowest BCUT2D eigenvalue weighted by Crippen LogP contribution is -2.42. The summed E-state index contributed by atoms with van der Waals surface area (Å²) in [7, 11) is 0. The third-order valence-corrected chi connectivity index (χ3v) is 4.56. The fourth-order valence-electron chi connectivity index (χ4n) is 3.41. The van der Waals surface area contributed by atoms with E-state index in [4.69, 9.17) is 4.74 Å². The van der Waals surface area contributed by atoms with Gasteiger partial charge in [-0.1, -0.05) is 12.8 Å². The highest BCUT2D eigenvalue weighted by molar-refractivity contribution is 6.22. The molecule has 0 radical (unpaired) electrons. The molecule has 1 unspecified atom stereocenters. The molecule has 24 heavy (non-hydrogen) atoms. The Morgan fingerprint density at radius 3 is 2.25 bits per heavy atom. The molecule has 3 rings (SSSR count). The zero-order valence-corrected chi connectivity index (χ0v) is 13.9. The summed E-state index contributed by atoms with van der Waals surface area (Å²) in [6.45, 7) is 3.08. The normalized spacial score (nSPS) is 22.5. The highest BCUT2D eigenvalue weighted by Crippen LogP contribution is 2.28. The average molecular weight is 330 g/mol. The molecule has 0 saturated carbocycles. The van der Waals surface area contributed by atoms with E-state index in [-0.39, 0.29) is 24.3 Å². The Hall–Kier alpha value is -2.21. The maximum atomic E-state index is 12.8. The van der Waals surface area contributed by atoms with Crippen LogP contribution in [0.25, 0.3) is 0 Å². The molecule has 1 aromatic rings. The largest absolute Gasteiger partial charge is 0.427 e. The van der Waals surface area contributed by atoms with Gasteiger partial charge in [0.05, 0.1) is 18.2 Å². The average Bonchev–Trinajstić information content (AvgIpc) is 2.73. The van der Waals surface area contributed by atoms with E-state index in [1.807, 2.05) is 0 Å². The number of amides is 2. The van der Waals surface area contributed by atoms with Crippen molar-refractivity contribution in [1.29, 1.82) is 0 Å². The van der Waals surface area contributed by atoms with Gasteiger partial charge in [0.15, 0.2) is 0 Å². The minimum Gasteiger partial charge on any atom is -0.427 e. The summed E-state index contributed by atoms with van der Waals surface area (Å²) < 4.78 is 4.98. The molecule has 2 heterocycles. The van der Waals surface area contributed by atoms with E-state index in [1.165, 1.54) is 24.7 Å². The maximum absolute atomic E-state index is 12.8. The van der Waals surface area contributed by atoms with Gasteiger partial charge in [0.2, 0.25) is 5.91 Å². The lowest BCUT2D eigenvalue weighted by Gasteiger charge is -2.25. The SMILES string of the molecule is CC(=O)Oc1ccc(N2C(=O)CC(N3CCCCCC3)C2=O)cc1. The van der Waals surface area contributed by atoms with Gasteiger partial charge in [-0.3, -0.25) is 19.3 Å². The topological polar surface area (TPSA) is 66.9 Å². The summed E-state index contributed by atoms with van der Waals surface area (Å²) in [4.78, 5) is 39.5. The Morgan fingerprint density at radius 1 is 1.04 bits per heavy atom. The number of benzene rings is 1. The Bertz CT molecular complexity index is 633. The van der Waals surface area contributed by atoms with Gasteiger partial charge in [-0.05, 0) is 50.2 Å². The monoisotopic (exact) mass is 330 g/mol. The van der Waals surface area contributed by atoms with Gasteiger partial charge < -0.3 is 4.74 Å². The fourth-order valence-corrected chi connectivity index (χ4v) is 3.41. The van der Waals surface area contributed by atoms with Gasteiger partial charge in [-0.2, -0.15) is 0 Å². The molecular weight excluding hydrogens is 308 g/mol. The van der Waals surface area contributed by atoms with Crippen molar-refractivity contribution in [3.05, 3.63) is 24.3 Å². The molecule has 0 spiro atoms. The highest BCUT2D eigenvalue weighted by Gasteiger charge is 2.42. The van der Waals surface area contributed by atoms with Crippen molar-refractivity contribution in [3.63, 3.8) is 0 Å². The zero-order chi connectivity index (χ0) is 17.1. The molecule has 0 N–H and O–H groups in total. The molecule has 2 fully saturated rings. The summed E-state index contributed by atoms with van der Waals surface area (Å²) in [6.07, 6.45) is 4.77. The van der Waals surface area contributed by atoms with Crippen molar-refractivity contribution in [2.75, 3.05) is 18.0 Å². The van der Waals surface area contributed by atoms with Crippen molar-refractivity contribution in [1.82, 2.24) is 4.90 Å². The van der Waals surface area contributed by atoms with Crippen LogP contribution in [-0.4, -0.2) is 41.8 Å². The van der Waals surface area contributed by atoms with Gasteiger partial charge in [0.25, 0.3) is 5.91 Å². The Balaban J connectivity index is 1.75. The van der Waals surface area contributed by atoms with E-state index in [1.54, 1.807) is 24.3 Å². The number of imide groups is 1. The van der Waals surface area contributed by atoms with E-state index < -0.39 is 5.97 Å². The second-order valence-corrected chi connectivity index (χ2v) is 6.33. The molecule has 128 valence electrons. The van der Waals surface area contributed by atoms with Crippen molar-refractivity contribution >= 4 is 23.5 Å². The van der Waals surface area contributed by atoms with Crippen molar-refractivity contribution in [2.24, 2.45) is 0 Å². The first-order valence-electron chi connectivity index (χ1n) is 8.45. The molecule has 0 aromatic heterocycles. The number of carbonyl (C=O) groups is 3. The lowest BCUT2D eigenvalue weighted by atomic mass is 10.2. The molecule has 0 bridgehead atoms. The van der Waals surface area contributed by atoms with Crippen LogP contribution in [0, 0.1) is 0 Å². The Morgan fingerprint density at radius 2 is 1.67 bits per heavy atom. The van der Waals surface area contributed by atoms with E-state index in [0.29, 0.717) is 11.4 Å². The summed E-state index contributed by atoms with van der Waals surface area (Å²) in [5.41, 5.74) is 0.526. The number of ether oxygens (including phenoxy) is 1. The molecule has 0 aliphatic carbocycles. The van der Waals surface area contributed by atoms with Gasteiger partial charge >= 0.3 is 5.97 Å². The third kappa shape index (κ3) is 3.48. The van der Waals surface area contributed by atoms with Crippen LogP contribution in [0.1, 0.15) is 39.0 Å². The Labute approximate surface area is 141 Å². The molecule has 2 saturated heterocycles. The standard InChI is InChI=1S/C18H22N2O4/c1-13(21)24-15-8-6-14(7-9-15)20-17(22)12-16(18(20)23)19-10-4-2-3-5-11-19/h6-9,16H,2-5,10-12H2,1H3. The first-order valence-corrected chi connectivity index (χ1v) is 8.45. The molecule has 6 nitrogen and oxygen atoms in total. The van der Waals surface area contributed by atoms with E-state index >= 15 is 0 Å². The van der Waals surface area contributed by atoms with Crippen molar-refractivity contribution in [3.8, 4) is 5.75 Å². The molecule has 1 atom stereocenters. The summed E-state index contributed by atoms with van der Waals surface area (Å²) in [6, 6.07) is 6.12. The number of rotatable bonds is 3. The quantitative estimate of drug-likeness (QED) is 0.482.